The van der Waals surface area contributed by atoms with E-state index in [1.54, 1.807) is 13.0 Å². The van der Waals surface area contributed by atoms with Crippen LogP contribution in [0.25, 0.3) is 0 Å². The quantitative estimate of drug-likeness (QED) is 0.508. The first kappa shape index (κ1) is 20.7. The largest absolute Gasteiger partial charge is 0.360 e. The maximum atomic E-state index is 13.3. The van der Waals surface area contributed by atoms with Gasteiger partial charge in [-0.25, -0.2) is 4.98 Å². The van der Waals surface area contributed by atoms with Crippen molar-refractivity contribution in [2.24, 2.45) is 0 Å². The molecule has 158 valence electrons. The molecule has 0 aliphatic heterocycles. The van der Waals surface area contributed by atoms with E-state index in [-0.39, 0.29) is 5.91 Å². The van der Waals surface area contributed by atoms with E-state index in [1.165, 1.54) is 49.6 Å². The van der Waals surface area contributed by atoms with Gasteiger partial charge in [0.1, 0.15) is 11.0 Å². The molecule has 0 bridgehead atoms. The molecule has 1 atom stereocenters. The molecular formula is C23H28N4O2S. The molecule has 30 heavy (non-hydrogen) atoms. The Hall–Kier alpha value is -2.54. The van der Waals surface area contributed by atoms with E-state index >= 15 is 0 Å². The summed E-state index contributed by atoms with van der Waals surface area (Å²) in [6.45, 7) is 5.99. The van der Waals surface area contributed by atoms with Crippen molar-refractivity contribution in [3.05, 3.63) is 59.1 Å². The van der Waals surface area contributed by atoms with Crippen molar-refractivity contribution in [3.63, 3.8) is 0 Å². The zero-order chi connectivity index (χ0) is 21.1. The topological polar surface area (TPSA) is 73.0 Å². The number of hydrogen-bond donors (Lipinski definition) is 1. The van der Waals surface area contributed by atoms with Crippen molar-refractivity contribution < 1.29 is 9.32 Å². The van der Waals surface area contributed by atoms with E-state index in [1.807, 2.05) is 30.3 Å². The summed E-state index contributed by atoms with van der Waals surface area (Å²) < 4.78 is 7.46. The van der Waals surface area contributed by atoms with Crippen LogP contribution in [0.2, 0.25) is 0 Å². The molecule has 3 aromatic rings. The Balaban J connectivity index is 1.65. The van der Waals surface area contributed by atoms with Crippen LogP contribution in [0.15, 0.2) is 46.1 Å². The van der Waals surface area contributed by atoms with Gasteiger partial charge in [0, 0.05) is 17.8 Å². The minimum Gasteiger partial charge on any atom is -0.360 e. The lowest BCUT2D eigenvalue weighted by molar-refractivity contribution is -0.115. The summed E-state index contributed by atoms with van der Waals surface area (Å²) in [6, 6.07) is 12.0. The van der Waals surface area contributed by atoms with Gasteiger partial charge in [0.2, 0.25) is 5.91 Å². The summed E-state index contributed by atoms with van der Waals surface area (Å²) >= 11 is 1.51. The van der Waals surface area contributed by atoms with Gasteiger partial charge in [0.25, 0.3) is 0 Å². The molecule has 1 aliphatic carbocycles. The van der Waals surface area contributed by atoms with Crippen LogP contribution in [0.4, 0.5) is 5.82 Å². The smallest absolute Gasteiger partial charge is 0.243 e. The van der Waals surface area contributed by atoms with Gasteiger partial charge in [0.15, 0.2) is 11.0 Å². The second-order valence-corrected chi connectivity index (χ2v) is 9.02. The van der Waals surface area contributed by atoms with Crippen molar-refractivity contribution >= 4 is 23.5 Å². The van der Waals surface area contributed by atoms with Crippen LogP contribution >= 0.6 is 11.8 Å². The number of aromatic nitrogens is 3. The standard InChI is InChI=1S/C23H28N4O2S/c1-15-14-20(26-29-15)25-22(28)21(18-10-6-4-7-11-18)30-23-24-16(2)17(3)27(23)19-12-8-5-9-13-19/h4,6-7,10-11,14,19,21H,5,8-9,12-13H2,1-3H3,(H,25,26,28). The highest BCUT2D eigenvalue weighted by molar-refractivity contribution is 8.00. The van der Waals surface area contributed by atoms with Crippen LogP contribution in [0, 0.1) is 20.8 Å². The fourth-order valence-electron chi connectivity index (χ4n) is 4.07. The second kappa shape index (κ2) is 9.08. The van der Waals surface area contributed by atoms with Gasteiger partial charge in [0.05, 0.1) is 5.69 Å². The van der Waals surface area contributed by atoms with Crippen LogP contribution in [-0.2, 0) is 4.79 Å². The fraction of sp³-hybridized carbons (Fsp3) is 0.435. The lowest BCUT2D eigenvalue weighted by Crippen LogP contribution is -2.21. The van der Waals surface area contributed by atoms with Gasteiger partial charge in [-0.05, 0) is 39.2 Å². The van der Waals surface area contributed by atoms with Gasteiger partial charge in [-0.2, -0.15) is 0 Å². The van der Waals surface area contributed by atoms with Gasteiger partial charge in [-0.3, -0.25) is 4.79 Å². The van der Waals surface area contributed by atoms with E-state index in [0.29, 0.717) is 17.6 Å². The molecule has 4 rings (SSSR count). The Morgan fingerprint density at radius 1 is 1.17 bits per heavy atom. The number of aryl methyl sites for hydroxylation is 2. The van der Waals surface area contributed by atoms with Crippen LogP contribution in [-0.4, -0.2) is 20.6 Å². The van der Waals surface area contributed by atoms with Crippen molar-refractivity contribution in [3.8, 4) is 0 Å². The number of amides is 1. The molecule has 0 radical (unpaired) electrons. The van der Waals surface area contributed by atoms with Crippen LogP contribution in [0.1, 0.15) is 66.1 Å². The zero-order valence-electron chi connectivity index (χ0n) is 17.7. The van der Waals surface area contributed by atoms with Crippen molar-refractivity contribution in [1.82, 2.24) is 14.7 Å². The van der Waals surface area contributed by atoms with Crippen molar-refractivity contribution in [1.29, 1.82) is 0 Å². The first-order valence-electron chi connectivity index (χ1n) is 10.5. The highest BCUT2D eigenvalue weighted by atomic mass is 32.2. The number of benzene rings is 1. The third-order valence-corrected chi connectivity index (χ3v) is 6.96. The number of nitrogens with one attached hydrogen (secondary N) is 1. The lowest BCUT2D eigenvalue weighted by Gasteiger charge is -2.27. The van der Waals surface area contributed by atoms with E-state index in [9.17, 15) is 4.79 Å². The molecule has 2 aromatic heterocycles. The van der Waals surface area contributed by atoms with E-state index < -0.39 is 5.25 Å². The van der Waals surface area contributed by atoms with Gasteiger partial charge >= 0.3 is 0 Å². The number of carbonyl (C=O) groups excluding carboxylic acids is 1. The Morgan fingerprint density at radius 2 is 1.90 bits per heavy atom. The molecule has 1 saturated carbocycles. The van der Waals surface area contributed by atoms with E-state index in [2.05, 4.69) is 28.9 Å². The van der Waals surface area contributed by atoms with Crippen LogP contribution in [0.5, 0.6) is 0 Å². The number of rotatable bonds is 6. The Bertz CT molecular complexity index is 1010. The molecule has 1 amide bonds. The highest BCUT2D eigenvalue weighted by Gasteiger charge is 2.28. The number of imidazole rings is 1. The fourth-order valence-corrected chi connectivity index (χ4v) is 5.33. The molecule has 1 fully saturated rings. The maximum absolute atomic E-state index is 13.3. The summed E-state index contributed by atoms with van der Waals surface area (Å²) in [6.07, 6.45) is 6.15. The SMILES string of the molecule is Cc1cc(NC(=O)C(Sc2nc(C)c(C)n2C2CCCCC2)c2ccccc2)no1. The number of anilines is 1. The molecule has 1 aromatic carbocycles. The van der Waals surface area contributed by atoms with Gasteiger partial charge in [-0.15, -0.1) is 0 Å². The van der Waals surface area contributed by atoms with E-state index in [4.69, 9.17) is 9.51 Å². The maximum Gasteiger partial charge on any atom is 0.243 e. The van der Waals surface area contributed by atoms with Crippen LogP contribution in [0.3, 0.4) is 0 Å². The van der Waals surface area contributed by atoms with Gasteiger partial charge < -0.3 is 14.4 Å². The number of thioether (sulfide) groups is 1. The minimum atomic E-state index is -0.438. The Kier molecular flexibility index (Phi) is 6.27. The minimum absolute atomic E-state index is 0.131. The first-order valence-corrected chi connectivity index (χ1v) is 11.4. The third kappa shape index (κ3) is 4.46. The summed E-state index contributed by atoms with van der Waals surface area (Å²) in [4.78, 5) is 18.1. The van der Waals surface area contributed by atoms with Crippen molar-refractivity contribution in [2.45, 2.75) is 69.3 Å². The molecule has 0 spiro atoms. The molecule has 1 unspecified atom stereocenters. The van der Waals surface area contributed by atoms with Crippen LogP contribution < -0.4 is 5.32 Å². The number of carbonyl (C=O) groups is 1. The molecule has 7 heteroatoms. The first-order chi connectivity index (χ1) is 14.5. The van der Waals surface area contributed by atoms with Crippen molar-refractivity contribution in [2.75, 3.05) is 5.32 Å². The normalized spacial score (nSPS) is 15.8. The monoisotopic (exact) mass is 424 g/mol. The molecule has 0 saturated heterocycles. The predicted molar refractivity (Wildman–Crippen MR) is 119 cm³/mol. The molecule has 2 heterocycles. The molecule has 1 N–H and O–H groups in total. The summed E-state index contributed by atoms with van der Waals surface area (Å²) in [5, 5.41) is 7.29. The Labute approximate surface area is 181 Å². The van der Waals surface area contributed by atoms with E-state index in [0.717, 1.165) is 16.4 Å². The molecular weight excluding hydrogens is 396 g/mol. The molecule has 1 aliphatic rings. The average molecular weight is 425 g/mol. The average Bonchev–Trinajstić information content (AvgIpc) is 3.29. The highest BCUT2D eigenvalue weighted by Crippen LogP contribution is 2.40. The zero-order valence-corrected chi connectivity index (χ0v) is 18.5. The number of nitrogens with zero attached hydrogens (tertiary/aromatic N) is 3. The lowest BCUT2D eigenvalue weighted by atomic mass is 9.95. The second-order valence-electron chi connectivity index (χ2n) is 7.95. The number of hydrogen-bond acceptors (Lipinski definition) is 5. The summed E-state index contributed by atoms with van der Waals surface area (Å²) in [7, 11) is 0. The molecule has 6 nitrogen and oxygen atoms in total. The third-order valence-electron chi connectivity index (χ3n) is 5.74. The summed E-state index contributed by atoms with van der Waals surface area (Å²) in [5.41, 5.74) is 3.17. The van der Waals surface area contributed by atoms with Gasteiger partial charge in [-0.1, -0.05) is 66.5 Å². The summed E-state index contributed by atoms with van der Waals surface area (Å²) in [5.74, 6) is 0.961. The Morgan fingerprint density at radius 3 is 2.57 bits per heavy atom. The predicted octanol–water partition coefficient (Wildman–Crippen LogP) is 5.77.